The summed E-state index contributed by atoms with van der Waals surface area (Å²) in [5.74, 6) is -0.835. The molecule has 0 spiro atoms. The van der Waals surface area contributed by atoms with Crippen molar-refractivity contribution in [2.75, 3.05) is 0 Å². The first-order valence-electron chi connectivity index (χ1n) is 6.22. The largest absolute Gasteiger partial charge is 0.309 e. The van der Waals surface area contributed by atoms with Crippen LogP contribution in [0.4, 0.5) is 10.1 Å². The van der Waals surface area contributed by atoms with Gasteiger partial charge in [-0.1, -0.05) is 18.2 Å². The molecule has 0 aliphatic rings. The zero-order chi connectivity index (χ0) is 15.2. The molecule has 0 aliphatic heterocycles. The molecule has 0 aliphatic carbocycles. The van der Waals surface area contributed by atoms with Gasteiger partial charge in [0.25, 0.3) is 0 Å². The van der Waals surface area contributed by atoms with Crippen molar-refractivity contribution in [2.45, 2.75) is 13.1 Å². The van der Waals surface area contributed by atoms with Crippen LogP contribution in [0, 0.1) is 27.3 Å². The molecule has 0 heterocycles. The van der Waals surface area contributed by atoms with Crippen LogP contribution in [0.2, 0.25) is 0 Å². The first-order valence-corrected chi connectivity index (χ1v) is 6.22. The lowest BCUT2D eigenvalue weighted by Crippen LogP contribution is -2.12. The lowest BCUT2D eigenvalue weighted by Gasteiger charge is -2.05. The van der Waals surface area contributed by atoms with E-state index in [-0.39, 0.29) is 0 Å². The van der Waals surface area contributed by atoms with Crippen LogP contribution in [0.3, 0.4) is 0 Å². The fourth-order valence-corrected chi connectivity index (χ4v) is 1.86. The maximum atomic E-state index is 13.4. The van der Waals surface area contributed by atoms with Crippen LogP contribution in [0.25, 0.3) is 0 Å². The Morgan fingerprint density at radius 1 is 1.14 bits per heavy atom. The number of halogens is 1. The highest BCUT2D eigenvalue weighted by Crippen LogP contribution is 2.17. The Balaban J connectivity index is 1.92. The van der Waals surface area contributed by atoms with Crippen molar-refractivity contribution in [1.82, 2.24) is 5.32 Å². The topological polar surface area (TPSA) is 79.0 Å². The van der Waals surface area contributed by atoms with Crippen molar-refractivity contribution in [3.63, 3.8) is 0 Å². The quantitative estimate of drug-likeness (QED) is 0.676. The SMILES string of the molecule is N#Cc1ccc(CNCc2ccc([N+](=O)[O-])c(F)c2)cc1. The van der Waals surface area contributed by atoms with Crippen molar-refractivity contribution < 1.29 is 9.31 Å². The molecule has 0 saturated heterocycles. The summed E-state index contributed by atoms with van der Waals surface area (Å²) >= 11 is 0. The number of hydrogen-bond acceptors (Lipinski definition) is 4. The molecule has 1 N–H and O–H groups in total. The highest BCUT2D eigenvalue weighted by atomic mass is 19.1. The molecule has 0 atom stereocenters. The Bertz CT molecular complexity index is 693. The lowest BCUT2D eigenvalue weighted by atomic mass is 10.1. The smallest absolute Gasteiger partial charge is 0.304 e. The Labute approximate surface area is 120 Å². The fraction of sp³-hybridized carbons (Fsp3) is 0.133. The summed E-state index contributed by atoms with van der Waals surface area (Å²) < 4.78 is 13.4. The molecule has 0 saturated carbocycles. The lowest BCUT2D eigenvalue weighted by molar-refractivity contribution is -0.387. The Morgan fingerprint density at radius 2 is 1.76 bits per heavy atom. The number of nitro benzene ring substituents is 1. The first-order chi connectivity index (χ1) is 10.1. The molecule has 5 nitrogen and oxygen atoms in total. The Morgan fingerprint density at radius 3 is 2.33 bits per heavy atom. The second-order valence-electron chi connectivity index (χ2n) is 4.46. The Hall–Kier alpha value is -2.78. The highest BCUT2D eigenvalue weighted by molar-refractivity contribution is 5.35. The average Bonchev–Trinajstić information content (AvgIpc) is 2.47. The van der Waals surface area contributed by atoms with Gasteiger partial charge in [-0.15, -0.1) is 0 Å². The summed E-state index contributed by atoms with van der Waals surface area (Å²) in [6, 6.07) is 13.0. The van der Waals surface area contributed by atoms with Crippen molar-refractivity contribution in [3.8, 4) is 6.07 Å². The predicted molar refractivity (Wildman–Crippen MR) is 74.8 cm³/mol. The number of hydrogen-bond donors (Lipinski definition) is 1. The van der Waals surface area contributed by atoms with Crippen LogP contribution in [-0.4, -0.2) is 4.92 Å². The van der Waals surface area contributed by atoms with E-state index in [4.69, 9.17) is 5.26 Å². The summed E-state index contributed by atoms with van der Waals surface area (Å²) in [4.78, 5) is 9.76. The number of benzene rings is 2. The van der Waals surface area contributed by atoms with Gasteiger partial charge < -0.3 is 5.32 Å². The predicted octanol–water partition coefficient (Wildman–Crippen LogP) is 2.90. The molecule has 0 radical (unpaired) electrons. The van der Waals surface area contributed by atoms with E-state index in [9.17, 15) is 14.5 Å². The third-order valence-electron chi connectivity index (χ3n) is 2.95. The van der Waals surface area contributed by atoms with Gasteiger partial charge >= 0.3 is 5.69 Å². The monoisotopic (exact) mass is 285 g/mol. The molecular formula is C15H12FN3O2. The van der Waals surface area contributed by atoms with E-state index in [2.05, 4.69) is 5.32 Å². The number of nitro groups is 1. The van der Waals surface area contributed by atoms with E-state index in [0.29, 0.717) is 24.2 Å². The van der Waals surface area contributed by atoms with Crippen molar-refractivity contribution in [1.29, 1.82) is 5.26 Å². The van der Waals surface area contributed by atoms with E-state index in [1.807, 2.05) is 18.2 Å². The molecule has 2 aromatic carbocycles. The van der Waals surface area contributed by atoms with Gasteiger partial charge in [-0.2, -0.15) is 9.65 Å². The molecular weight excluding hydrogens is 273 g/mol. The molecule has 0 unspecified atom stereocenters. The van der Waals surface area contributed by atoms with Crippen molar-refractivity contribution in [2.24, 2.45) is 0 Å². The molecule has 106 valence electrons. The molecule has 21 heavy (non-hydrogen) atoms. The molecule has 0 fully saturated rings. The second kappa shape index (κ2) is 6.59. The van der Waals surface area contributed by atoms with Gasteiger partial charge in [0.15, 0.2) is 0 Å². The van der Waals surface area contributed by atoms with Crippen LogP contribution >= 0.6 is 0 Å². The van der Waals surface area contributed by atoms with Crippen LogP contribution in [0.5, 0.6) is 0 Å². The molecule has 0 bridgehead atoms. The standard InChI is InChI=1S/C15H12FN3O2/c16-14-7-13(5-6-15(14)19(20)21)10-18-9-12-3-1-11(8-17)2-4-12/h1-7,18H,9-10H2. The van der Waals surface area contributed by atoms with Gasteiger partial charge in [0.2, 0.25) is 5.82 Å². The average molecular weight is 285 g/mol. The fourth-order valence-electron chi connectivity index (χ4n) is 1.86. The third-order valence-corrected chi connectivity index (χ3v) is 2.95. The van der Waals surface area contributed by atoms with Crippen LogP contribution < -0.4 is 5.32 Å². The van der Waals surface area contributed by atoms with Crippen molar-refractivity contribution in [3.05, 3.63) is 75.1 Å². The molecule has 0 amide bonds. The second-order valence-corrected chi connectivity index (χ2v) is 4.46. The minimum absolute atomic E-state index is 0.398. The zero-order valence-electron chi connectivity index (χ0n) is 11.0. The van der Waals surface area contributed by atoms with Gasteiger partial charge in [-0.25, -0.2) is 0 Å². The minimum atomic E-state index is -0.835. The van der Waals surface area contributed by atoms with E-state index in [1.54, 1.807) is 12.1 Å². The van der Waals surface area contributed by atoms with E-state index in [0.717, 1.165) is 17.7 Å². The summed E-state index contributed by atoms with van der Waals surface area (Å²) in [6.45, 7) is 0.958. The van der Waals surface area contributed by atoms with Gasteiger partial charge in [-0.3, -0.25) is 10.1 Å². The van der Waals surface area contributed by atoms with E-state index in [1.165, 1.54) is 6.07 Å². The van der Waals surface area contributed by atoms with E-state index < -0.39 is 16.4 Å². The van der Waals surface area contributed by atoms with Gasteiger partial charge in [0.1, 0.15) is 0 Å². The zero-order valence-corrected chi connectivity index (χ0v) is 11.0. The van der Waals surface area contributed by atoms with Crippen LogP contribution in [0.1, 0.15) is 16.7 Å². The van der Waals surface area contributed by atoms with Gasteiger partial charge in [0.05, 0.1) is 16.6 Å². The summed E-state index contributed by atoms with van der Waals surface area (Å²) in [5.41, 5.74) is 1.70. The minimum Gasteiger partial charge on any atom is -0.309 e. The molecule has 2 aromatic rings. The van der Waals surface area contributed by atoms with E-state index >= 15 is 0 Å². The summed E-state index contributed by atoms with van der Waals surface area (Å²) in [5, 5.41) is 22.3. The third kappa shape index (κ3) is 3.84. The highest BCUT2D eigenvalue weighted by Gasteiger charge is 2.13. The first kappa shape index (κ1) is 14.6. The van der Waals surface area contributed by atoms with Crippen molar-refractivity contribution >= 4 is 5.69 Å². The maximum absolute atomic E-state index is 13.4. The number of nitrogens with zero attached hydrogens (tertiary/aromatic N) is 2. The number of nitrogens with one attached hydrogen (secondary N) is 1. The van der Waals surface area contributed by atoms with Crippen LogP contribution in [0.15, 0.2) is 42.5 Å². The summed E-state index contributed by atoms with van der Waals surface area (Å²) in [7, 11) is 0. The van der Waals surface area contributed by atoms with Crippen LogP contribution in [-0.2, 0) is 13.1 Å². The summed E-state index contributed by atoms with van der Waals surface area (Å²) in [6.07, 6.45) is 0. The molecule has 6 heteroatoms. The van der Waals surface area contributed by atoms with Gasteiger partial charge in [0, 0.05) is 19.2 Å². The molecule has 2 rings (SSSR count). The number of nitriles is 1. The molecule has 0 aromatic heterocycles. The normalized spacial score (nSPS) is 10.1. The Kier molecular flexibility index (Phi) is 4.59. The number of rotatable bonds is 5. The maximum Gasteiger partial charge on any atom is 0.304 e. The van der Waals surface area contributed by atoms with Gasteiger partial charge in [-0.05, 0) is 29.3 Å².